The Bertz CT molecular complexity index is 838. The van der Waals surface area contributed by atoms with Crippen LogP contribution in [0.5, 0.6) is 5.75 Å². The van der Waals surface area contributed by atoms with Crippen LogP contribution in [0.15, 0.2) is 36.5 Å². The molecular formula is C22H32ClN5O2. The van der Waals surface area contributed by atoms with E-state index in [1.54, 1.807) is 32.3 Å². The number of aromatic nitrogens is 1. The first kappa shape index (κ1) is 23.6. The fourth-order valence-electron chi connectivity index (χ4n) is 3.52. The van der Waals surface area contributed by atoms with Crippen molar-refractivity contribution >= 4 is 35.5 Å². The topological polar surface area (TPSA) is 60.9 Å². The molecule has 1 amide bonds. The van der Waals surface area contributed by atoms with E-state index in [0.29, 0.717) is 5.56 Å². The molecule has 1 aromatic heterocycles. The summed E-state index contributed by atoms with van der Waals surface area (Å²) in [7, 11) is 5.25. The fraction of sp³-hybridized carbons (Fsp3) is 0.455. The minimum atomic E-state index is -0.0260. The monoisotopic (exact) mass is 433 g/mol. The number of methoxy groups -OCH3 is 1. The van der Waals surface area contributed by atoms with Gasteiger partial charge < -0.3 is 24.8 Å². The van der Waals surface area contributed by atoms with Crippen LogP contribution < -0.4 is 19.9 Å². The molecular weight excluding hydrogens is 402 g/mol. The summed E-state index contributed by atoms with van der Waals surface area (Å²) in [6.07, 6.45) is 2.78. The molecule has 7 nitrogen and oxygen atoms in total. The number of nitrogens with zero attached hydrogens (tertiary/aromatic N) is 4. The largest absolute Gasteiger partial charge is 0.497 e. The van der Waals surface area contributed by atoms with Gasteiger partial charge in [0, 0.05) is 64.8 Å². The molecule has 2 aromatic rings. The summed E-state index contributed by atoms with van der Waals surface area (Å²) < 4.78 is 5.35. The van der Waals surface area contributed by atoms with Gasteiger partial charge in [-0.05, 0) is 24.6 Å². The van der Waals surface area contributed by atoms with Gasteiger partial charge in [0.15, 0.2) is 0 Å². The van der Waals surface area contributed by atoms with Crippen LogP contribution in [0.25, 0.3) is 0 Å². The van der Waals surface area contributed by atoms with Crippen molar-refractivity contribution in [1.82, 2.24) is 9.88 Å². The molecule has 1 N–H and O–H groups in total. The van der Waals surface area contributed by atoms with Crippen LogP contribution in [-0.2, 0) is 0 Å². The number of hydrogen-bond acceptors (Lipinski definition) is 6. The predicted octanol–water partition coefficient (Wildman–Crippen LogP) is 3.36. The third kappa shape index (κ3) is 5.27. The Morgan fingerprint density at radius 3 is 2.50 bits per heavy atom. The van der Waals surface area contributed by atoms with E-state index in [0.717, 1.165) is 62.1 Å². The van der Waals surface area contributed by atoms with Gasteiger partial charge in [-0.2, -0.15) is 0 Å². The molecule has 8 heteroatoms. The fourth-order valence-corrected chi connectivity index (χ4v) is 3.52. The maximum absolute atomic E-state index is 12.9. The molecule has 0 atom stereocenters. The summed E-state index contributed by atoms with van der Waals surface area (Å²) in [5, 5.41) is 3.39. The van der Waals surface area contributed by atoms with Gasteiger partial charge in [0.1, 0.15) is 17.1 Å². The average Bonchev–Trinajstić information content (AvgIpc) is 2.77. The zero-order valence-electron chi connectivity index (χ0n) is 18.2. The van der Waals surface area contributed by atoms with E-state index in [2.05, 4.69) is 39.2 Å². The number of anilines is 3. The van der Waals surface area contributed by atoms with Gasteiger partial charge in [0.2, 0.25) is 0 Å². The van der Waals surface area contributed by atoms with Gasteiger partial charge in [-0.3, -0.25) is 4.79 Å². The molecule has 164 valence electrons. The molecule has 0 saturated carbocycles. The summed E-state index contributed by atoms with van der Waals surface area (Å²) in [5.74, 6) is 1.59. The van der Waals surface area contributed by atoms with E-state index >= 15 is 0 Å². The van der Waals surface area contributed by atoms with E-state index in [1.165, 1.54) is 0 Å². The zero-order chi connectivity index (χ0) is 20.8. The normalized spacial score (nSPS) is 13.5. The molecule has 0 radical (unpaired) electrons. The van der Waals surface area contributed by atoms with Crippen LogP contribution in [0.4, 0.5) is 17.2 Å². The molecule has 0 spiro atoms. The Balaban J connectivity index is 0.00000320. The summed E-state index contributed by atoms with van der Waals surface area (Å²) in [5.41, 5.74) is 2.66. The molecule has 1 fully saturated rings. The van der Waals surface area contributed by atoms with Crippen LogP contribution >= 0.6 is 12.4 Å². The number of halogens is 1. The number of piperazine rings is 1. The Kier molecular flexibility index (Phi) is 8.59. The van der Waals surface area contributed by atoms with E-state index in [9.17, 15) is 4.79 Å². The van der Waals surface area contributed by atoms with Crippen LogP contribution in [0, 0.1) is 0 Å². The number of carbonyl (C=O) groups excluding carboxylic acids is 1. The number of rotatable bonds is 7. The quantitative estimate of drug-likeness (QED) is 0.722. The highest BCUT2D eigenvalue weighted by atomic mass is 35.5. The number of amides is 1. The zero-order valence-corrected chi connectivity index (χ0v) is 19.0. The molecule has 1 aliphatic rings. The van der Waals surface area contributed by atoms with Crippen molar-refractivity contribution < 1.29 is 9.53 Å². The van der Waals surface area contributed by atoms with Gasteiger partial charge >= 0.3 is 0 Å². The minimum absolute atomic E-state index is 0. The summed E-state index contributed by atoms with van der Waals surface area (Å²) in [6, 6.07) is 10.0. The third-order valence-electron chi connectivity index (χ3n) is 5.11. The van der Waals surface area contributed by atoms with Crippen molar-refractivity contribution in [2.24, 2.45) is 0 Å². The van der Waals surface area contributed by atoms with E-state index < -0.39 is 0 Å². The Hall–Kier alpha value is -2.67. The second-order valence-corrected chi connectivity index (χ2v) is 7.36. The van der Waals surface area contributed by atoms with E-state index in [4.69, 9.17) is 4.74 Å². The Morgan fingerprint density at radius 1 is 1.17 bits per heavy atom. The first-order valence-corrected chi connectivity index (χ1v) is 10.1. The van der Waals surface area contributed by atoms with Gasteiger partial charge in [0.25, 0.3) is 5.91 Å². The predicted molar refractivity (Wildman–Crippen MR) is 126 cm³/mol. The van der Waals surface area contributed by atoms with Crippen molar-refractivity contribution in [3.05, 3.63) is 42.1 Å². The molecule has 0 aliphatic carbocycles. The lowest BCUT2D eigenvalue weighted by molar-refractivity contribution is 0.0828. The van der Waals surface area contributed by atoms with Crippen LogP contribution in [-0.4, -0.2) is 69.7 Å². The Labute approximate surface area is 185 Å². The molecule has 1 aromatic carbocycles. The third-order valence-corrected chi connectivity index (χ3v) is 5.11. The van der Waals surface area contributed by atoms with Gasteiger partial charge in [-0.1, -0.05) is 13.0 Å². The van der Waals surface area contributed by atoms with Crippen molar-refractivity contribution in [2.45, 2.75) is 13.3 Å². The number of hydrogen-bond donors (Lipinski definition) is 1. The SMILES string of the molecule is CCCNc1ccnc(N2CCN(c3cccc(OC)c3)CC2)c1C(=O)N(C)C.Cl. The lowest BCUT2D eigenvalue weighted by atomic mass is 10.1. The maximum atomic E-state index is 12.9. The van der Waals surface area contributed by atoms with E-state index in [1.807, 2.05) is 18.2 Å². The van der Waals surface area contributed by atoms with Crippen molar-refractivity contribution in [1.29, 1.82) is 0 Å². The highest BCUT2D eigenvalue weighted by Crippen LogP contribution is 2.29. The molecule has 3 rings (SSSR count). The van der Waals surface area contributed by atoms with Crippen LogP contribution in [0.3, 0.4) is 0 Å². The number of benzene rings is 1. The highest BCUT2D eigenvalue weighted by Gasteiger charge is 2.26. The van der Waals surface area contributed by atoms with Crippen molar-refractivity contribution in [3.63, 3.8) is 0 Å². The molecule has 1 aliphatic heterocycles. The summed E-state index contributed by atoms with van der Waals surface area (Å²) >= 11 is 0. The molecule has 2 heterocycles. The number of carbonyl (C=O) groups is 1. The molecule has 30 heavy (non-hydrogen) atoms. The van der Waals surface area contributed by atoms with Crippen molar-refractivity contribution in [3.8, 4) is 5.75 Å². The van der Waals surface area contributed by atoms with Crippen molar-refractivity contribution in [2.75, 3.05) is 69.0 Å². The minimum Gasteiger partial charge on any atom is -0.497 e. The van der Waals surface area contributed by atoms with Gasteiger partial charge in [-0.25, -0.2) is 4.98 Å². The van der Waals surface area contributed by atoms with E-state index in [-0.39, 0.29) is 18.3 Å². The van der Waals surface area contributed by atoms with Crippen LogP contribution in [0.2, 0.25) is 0 Å². The number of pyridine rings is 1. The number of ether oxygens (including phenoxy) is 1. The maximum Gasteiger partial charge on any atom is 0.259 e. The smallest absolute Gasteiger partial charge is 0.259 e. The highest BCUT2D eigenvalue weighted by molar-refractivity contribution is 6.04. The second kappa shape index (κ2) is 10.9. The summed E-state index contributed by atoms with van der Waals surface area (Å²) in [6.45, 7) is 6.25. The first-order valence-electron chi connectivity index (χ1n) is 10.1. The Morgan fingerprint density at radius 2 is 1.87 bits per heavy atom. The summed E-state index contributed by atoms with van der Waals surface area (Å²) in [4.78, 5) is 23.7. The first-order chi connectivity index (χ1) is 14.0. The van der Waals surface area contributed by atoms with Gasteiger partial charge in [-0.15, -0.1) is 12.4 Å². The lowest BCUT2D eigenvalue weighted by Gasteiger charge is -2.37. The van der Waals surface area contributed by atoms with Crippen LogP contribution in [0.1, 0.15) is 23.7 Å². The second-order valence-electron chi connectivity index (χ2n) is 7.36. The average molecular weight is 434 g/mol. The standard InChI is InChI=1S/C22H31N5O2.ClH/c1-5-10-23-19-9-11-24-21(20(19)22(28)25(2)3)27-14-12-26(13-15-27)17-7-6-8-18(16-17)29-4;/h6-9,11,16H,5,10,12-15H2,1-4H3,(H,23,24);1H. The number of nitrogens with one attached hydrogen (secondary N) is 1. The molecule has 0 bridgehead atoms. The molecule has 1 saturated heterocycles. The lowest BCUT2D eigenvalue weighted by Crippen LogP contribution is -2.47. The molecule has 0 unspecified atom stereocenters. The van der Waals surface area contributed by atoms with Gasteiger partial charge in [0.05, 0.1) is 12.8 Å².